The van der Waals surface area contributed by atoms with Crippen LogP contribution in [-0.2, 0) is 0 Å². The second kappa shape index (κ2) is 5.88. The number of hydrogen-bond donors (Lipinski definition) is 2. The van der Waals surface area contributed by atoms with Gasteiger partial charge in [0.05, 0.1) is 6.04 Å². The van der Waals surface area contributed by atoms with Crippen LogP contribution in [0.25, 0.3) is 0 Å². The summed E-state index contributed by atoms with van der Waals surface area (Å²) in [4.78, 5) is 4.35. The monoisotopic (exact) mass is 305 g/mol. The van der Waals surface area contributed by atoms with Gasteiger partial charge in [-0.1, -0.05) is 23.7 Å². The first kappa shape index (κ1) is 14.7. The Balaban J connectivity index is 1.53. The van der Waals surface area contributed by atoms with Gasteiger partial charge in [0.15, 0.2) is 5.96 Å². The van der Waals surface area contributed by atoms with Crippen molar-refractivity contribution in [3.8, 4) is 0 Å². The van der Waals surface area contributed by atoms with E-state index in [9.17, 15) is 0 Å². The number of hydrogen-bond acceptors (Lipinski definition) is 1. The van der Waals surface area contributed by atoms with Crippen molar-refractivity contribution in [1.82, 2.24) is 10.6 Å². The molecule has 1 atom stereocenters. The molecule has 2 fully saturated rings. The summed E-state index contributed by atoms with van der Waals surface area (Å²) in [5.74, 6) is 1.86. The molecule has 0 bridgehead atoms. The van der Waals surface area contributed by atoms with Crippen LogP contribution in [0.4, 0.5) is 0 Å². The summed E-state index contributed by atoms with van der Waals surface area (Å²) in [5, 5.41) is 7.75. The maximum absolute atomic E-state index is 5.94. The number of nitrogens with zero attached hydrogens (tertiary/aromatic N) is 1. The van der Waals surface area contributed by atoms with Gasteiger partial charge in [0.25, 0.3) is 0 Å². The quantitative estimate of drug-likeness (QED) is 0.642. The summed E-state index contributed by atoms with van der Waals surface area (Å²) in [6.07, 6.45) is 5.62. The van der Waals surface area contributed by atoms with Crippen LogP contribution in [0.5, 0.6) is 0 Å². The van der Waals surface area contributed by atoms with Gasteiger partial charge in [-0.3, -0.25) is 4.99 Å². The molecule has 2 N–H and O–H groups in total. The molecule has 4 heteroatoms. The van der Waals surface area contributed by atoms with Gasteiger partial charge in [0.2, 0.25) is 0 Å². The van der Waals surface area contributed by atoms with Gasteiger partial charge in [0, 0.05) is 18.6 Å². The predicted molar refractivity (Wildman–Crippen MR) is 88.8 cm³/mol. The molecule has 1 aromatic rings. The fourth-order valence-corrected chi connectivity index (χ4v) is 3.21. The van der Waals surface area contributed by atoms with Crippen LogP contribution in [0.1, 0.15) is 44.2 Å². The second-order valence-corrected chi connectivity index (χ2v) is 6.92. The third-order valence-corrected chi connectivity index (χ3v) is 5.14. The highest BCUT2D eigenvalue weighted by Crippen LogP contribution is 2.60. The molecule has 2 aliphatic rings. The maximum Gasteiger partial charge on any atom is 0.191 e. The minimum absolute atomic E-state index is 0.213. The molecule has 0 spiro atoms. The normalized spacial score (nSPS) is 21.8. The molecule has 2 aliphatic carbocycles. The summed E-state index contributed by atoms with van der Waals surface area (Å²) in [6, 6.07) is 8.18. The molecule has 1 unspecified atom stereocenters. The number of benzene rings is 1. The van der Waals surface area contributed by atoms with Gasteiger partial charge in [-0.2, -0.15) is 0 Å². The molecule has 0 saturated heterocycles. The molecule has 0 aromatic heterocycles. The first-order chi connectivity index (χ1) is 10.1. The summed E-state index contributed by atoms with van der Waals surface area (Å²) in [7, 11) is 1.83. The first-order valence-corrected chi connectivity index (χ1v) is 8.23. The zero-order valence-corrected chi connectivity index (χ0v) is 13.6. The summed E-state index contributed by atoms with van der Waals surface area (Å²) >= 11 is 5.94. The largest absolute Gasteiger partial charge is 0.356 e. The lowest BCUT2D eigenvalue weighted by molar-refractivity contribution is 0.430. The number of rotatable bonds is 5. The topological polar surface area (TPSA) is 36.4 Å². The lowest BCUT2D eigenvalue weighted by Crippen LogP contribution is -2.41. The highest BCUT2D eigenvalue weighted by molar-refractivity contribution is 6.30. The Kier molecular flexibility index (Phi) is 4.12. The molecule has 3 nitrogen and oxygen atoms in total. The first-order valence-electron chi connectivity index (χ1n) is 7.86. The highest BCUT2D eigenvalue weighted by atomic mass is 35.5. The molecule has 1 aromatic carbocycles. The van der Waals surface area contributed by atoms with E-state index in [0.717, 1.165) is 23.4 Å². The van der Waals surface area contributed by atoms with Crippen molar-refractivity contribution in [3.63, 3.8) is 0 Å². The summed E-state index contributed by atoms with van der Waals surface area (Å²) in [6.45, 7) is 3.20. The van der Waals surface area contributed by atoms with E-state index in [1.807, 2.05) is 19.2 Å². The molecule has 2 saturated carbocycles. The zero-order chi connectivity index (χ0) is 14.9. The van der Waals surface area contributed by atoms with Crippen LogP contribution in [0.15, 0.2) is 29.3 Å². The van der Waals surface area contributed by atoms with Gasteiger partial charge < -0.3 is 10.6 Å². The van der Waals surface area contributed by atoms with E-state index < -0.39 is 0 Å². The van der Waals surface area contributed by atoms with E-state index in [-0.39, 0.29) is 6.04 Å². The van der Waals surface area contributed by atoms with Crippen LogP contribution in [0.2, 0.25) is 5.02 Å². The molecule has 0 radical (unpaired) electrons. The molecular formula is C17H24ClN3. The van der Waals surface area contributed by atoms with E-state index in [4.69, 9.17) is 11.6 Å². The smallest absolute Gasteiger partial charge is 0.191 e. The van der Waals surface area contributed by atoms with Crippen LogP contribution in [-0.4, -0.2) is 19.6 Å². The van der Waals surface area contributed by atoms with Crippen molar-refractivity contribution in [2.75, 3.05) is 13.6 Å². The van der Waals surface area contributed by atoms with E-state index in [0.29, 0.717) is 5.41 Å². The Morgan fingerprint density at radius 1 is 1.33 bits per heavy atom. The standard InChI is InChI=1S/C17H24ClN3/c1-12(13-3-7-15(18)8-4-13)21-16(19-2)20-11-17(9-10-17)14-5-6-14/h3-4,7-8,12,14H,5-6,9-11H2,1-2H3,(H2,19,20,21). The Morgan fingerprint density at radius 2 is 2.00 bits per heavy atom. The SMILES string of the molecule is CN=C(NCC1(C2CC2)CC1)NC(C)c1ccc(Cl)cc1. The summed E-state index contributed by atoms with van der Waals surface area (Å²) < 4.78 is 0. The molecule has 0 aliphatic heterocycles. The number of aliphatic imine (C=N–C) groups is 1. The second-order valence-electron chi connectivity index (χ2n) is 6.48. The molecule has 3 rings (SSSR count). The minimum atomic E-state index is 0.213. The molecule has 0 amide bonds. The lowest BCUT2D eigenvalue weighted by Gasteiger charge is -2.21. The van der Waals surface area contributed by atoms with Crippen molar-refractivity contribution in [1.29, 1.82) is 0 Å². The van der Waals surface area contributed by atoms with Crippen molar-refractivity contribution < 1.29 is 0 Å². The van der Waals surface area contributed by atoms with Gasteiger partial charge in [-0.25, -0.2) is 0 Å². The Labute approximate surface area is 132 Å². The van der Waals surface area contributed by atoms with E-state index in [2.05, 4.69) is 34.7 Å². The Bertz CT molecular complexity index is 515. The van der Waals surface area contributed by atoms with Crippen molar-refractivity contribution in [2.24, 2.45) is 16.3 Å². The maximum atomic E-state index is 5.94. The van der Waals surface area contributed by atoms with Crippen LogP contribution in [0.3, 0.4) is 0 Å². The van der Waals surface area contributed by atoms with Crippen molar-refractivity contribution >= 4 is 17.6 Å². The van der Waals surface area contributed by atoms with Gasteiger partial charge in [-0.05, 0) is 61.6 Å². The van der Waals surface area contributed by atoms with Crippen molar-refractivity contribution in [2.45, 2.75) is 38.6 Å². The van der Waals surface area contributed by atoms with Gasteiger partial charge in [-0.15, -0.1) is 0 Å². The third kappa shape index (κ3) is 3.52. The fraction of sp³-hybridized carbons (Fsp3) is 0.588. The minimum Gasteiger partial charge on any atom is -0.356 e. The van der Waals surface area contributed by atoms with Crippen molar-refractivity contribution in [3.05, 3.63) is 34.9 Å². The molecule has 114 valence electrons. The van der Waals surface area contributed by atoms with E-state index in [1.54, 1.807) is 0 Å². The van der Waals surface area contributed by atoms with Crippen LogP contribution in [0, 0.1) is 11.3 Å². The van der Waals surface area contributed by atoms with E-state index in [1.165, 1.54) is 31.2 Å². The highest BCUT2D eigenvalue weighted by Gasteiger charge is 2.53. The zero-order valence-electron chi connectivity index (χ0n) is 12.8. The molecular weight excluding hydrogens is 282 g/mol. The van der Waals surface area contributed by atoms with Gasteiger partial charge in [0.1, 0.15) is 0 Å². The summed E-state index contributed by atoms with van der Waals surface area (Å²) in [5.41, 5.74) is 1.80. The molecule has 21 heavy (non-hydrogen) atoms. The molecule has 0 heterocycles. The third-order valence-electron chi connectivity index (χ3n) is 4.89. The average Bonchev–Trinajstić information content (AvgIpc) is 3.37. The fourth-order valence-electron chi connectivity index (χ4n) is 3.08. The predicted octanol–water partition coefficient (Wildman–Crippen LogP) is 3.76. The van der Waals surface area contributed by atoms with Crippen LogP contribution >= 0.6 is 11.6 Å². The number of halogens is 1. The number of guanidine groups is 1. The van der Waals surface area contributed by atoms with E-state index >= 15 is 0 Å². The van der Waals surface area contributed by atoms with Gasteiger partial charge >= 0.3 is 0 Å². The average molecular weight is 306 g/mol. The lowest BCUT2D eigenvalue weighted by atomic mass is 10.0. The Morgan fingerprint density at radius 3 is 2.52 bits per heavy atom. The van der Waals surface area contributed by atoms with Crippen LogP contribution < -0.4 is 10.6 Å². The Hall–Kier alpha value is -1.22. The number of nitrogens with one attached hydrogen (secondary N) is 2.